The molecule has 1 aromatic rings. The van der Waals surface area contributed by atoms with E-state index in [0.29, 0.717) is 5.82 Å². The van der Waals surface area contributed by atoms with Crippen molar-refractivity contribution in [1.82, 2.24) is 20.5 Å². The molecule has 0 aliphatic carbocycles. The number of nitrogens with one attached hydrogen (secondary N) is 2. The monoisotopic (exact) mass is 210 g/mol. The van der Waals surface area contributed by atoms with Gasteiger partial charge in [-0.2, -0.15) is 0 Å². The Balaban J connectivity index is 2.64. The molecule has 1 atom stereocenters. The Hall–Kier alpha value is -1.39. The number of rotatable bonds is 2. The van der Waals surface area contributed by atoms with Crippen LogP contribution in [0.2, 0.25) is 0 Å². The first-order valence-corrected chi connectivity index (χ1v) is 5.00. The van der Waals surface area contributed by atoms with Crippen LogP contribution in [0.25, 0.3) is 0 Å². The van der Waals surface area contributed by atoms with Gasteiger partial charge in [-0.25, -0.2) is 4.98 Å². The average Bonchev–Trinajstić information content (AvgIpc) is 2.50. The zero-order valence-corrected chi connectivity index (χ0v) is 9.88. The predicted molar refractivity (Wildman–Crippen MR) is 57.5 cm³/mol. The topological polar surface area (TPSA) is 70.7 Å². The van der Waals surface area contributed by atoms with E-state index in [-0.39, 0.29) is 23.2 Å². The molecule has 0 bridgehead atoms. The van der Waals surface area contributed by atoms with Crippen molar-refractivity contribution in [2.24, 2.45) is 5.41 Å². The zero-order valence-electron chi connectivity index (χ0n) is 9.88. The fourth-order valence-corrected chi connectivity index (χ4v) is 0.922. The van der Waals surface area contributed by atoms with Crippen LogP contribution in [0.5, 0.6) is 0 Å². The molecule has 0 aliphatic rings. The second-order valence-corrected chi connectivity index (χ2v) is 4.81. The van der Waals surface area contributed by atoms with Gasteiger partial charge in [-0.1, -0.05) is 20.8 Å². The van der Waals surface area contributed by atoms with Crippen LogP contribution in [-0.4, -0.2) is 27.1 Å². The molecule has 0 aromatic carbocycles. The Morgan fingerprint density at radius 3 is 2.47 bits per heavy atom. The first kappa shape index (κ1) is 11.7. The van der Waals surface area contributed by atoms with Crippen LogP contribution in [0.3, 0.4) is 0 Å². The van der Waals surface area contributed by atoms with E-state index in [1.165, 1.54) is 0 Å². The van der Waals surface area contributed by atoms with E-state index >= 15 is 0 Å². The molecular weight excluding hydrogens is 192 g/mol. The summed E-state index contributed by atoms with van der Waals surface area (Å²) in [5.74, 6) is 0.605. The van der Waals surface area contributed by atoms with Crippen LogP contribution in [-0.2, 0) is 0 Å². The van der Waals surface area contributed by atoms with Gasteiger partial charge in [0.2, 0.25) is 5.82 Å². The maximum atomic E-state index is 11.7. The maximum Gasteiger partial charge on any atom is 0.291 e. The molecule has 1 unspecified atom stereocenters. The second-order valence-electron chi connectivity index (χ2n) is 4.81. The summed E-state index contributed by atoms with van der Waals surface area (Å²) in [6.45, 7) is 9.94. The van der Waals surface area contributed by atoms with E-state index in [1.54, 1.807) is 6.92 Å². The van der Waals surface area contributed by atoms with Gasteiger partial charge in [-0.3, -0.25) is 9.89 Å². The molecule has 0 saturated heterocycles. The van der Waals surface area contributed by atoms with E-state index in [4.69, 9.17) is 0 Å². The number of hydrogen-bond donors (Lipinski definition) is 2. The van der Waals surface area contributed by atoms with Gasteiger partial charge < -0.3 is 5.32 Å². The van der Waals surface area contributed by atoms with Crippen molar-refractivity contribution in [2.45, 2.75) is 40.7 Å². The van der Waals surface area contributed by atoms with Crippen LogP contribution in [0.1, 0.15) is 44.1 Å². The molecule has 1 aromatic heterocycles. The highest BCUT2D eigenvalue weighted by Crippen LogP contribution is 2.18. The van der Waals surface area contributed by atoms with Crippen LogP contribution in [0.15, 0.2) is 0 Å². The van der Waals surface area contributed by atoms with Gasteiger partial charge in [0.15, 0.2) is 0 Å². The lowest BCUT2D eigenvalue weighted by molar-refractivity contribution is 0.0900. The van der Waals surface area contributed by atoms with Crippen molar-refractivity contribution in [2.75, 3.05) is 0 Å². The summed E-state index contributed by atoms with van der Waals surface area (Å²) in [5.41, 5.74) is 0.0288. The summed E-state index contributed by atoms with van der Waals surface area (Å²) >= 11 is 0. The Labute approximate surface area is 89.7 Å². The number of aromatic nitrogens is 3. The molecule has 0 saturated carbocycles. The summed E-state index contributed by atoms with van der Waals surface area (Å²) in [5, 5.41) is 9.31. The normalized spacial score (nSPS) is 13.7. The third-order valence-electron chi connectivity index (χ3n) is 2.45. The molecule has 84 valence electrons. The summed E-state index contributed by atoms with van der Waals surface area (Å²) in [7, 11) is 0. The van der Waals surface area contributed by atoms with Crippen molar-refractivity contribution in [3.05, 3.63) is 11.6 Å². The molecule has 0 aliphatic heterocycles. The highest BCUT2D eigenvalue weighted by atomic mass is 16.2. The largest absolute Gasteiger partial charge is 0.346 e. The number of carbonyl (C=O) groups excluding carboxylic acids is 1. The summed E-state index contributed by atoms with van der Waals surface area (Å²) in [4.78, 5) is 15.6. The Morgan fingerprint density at radius 1 is 1.47 bits per heavy atom. The molecule has 5 nitrogen and oxygen atoms in total. The molecule has 1 heterocycles. The SMILES string of the molecule is Cc1nc(C(=O)NC(C)C(C)(C)C)n[nH]1. The number of H-pyrrole nitrogens is 1. The minimum atomic E-state index is -0.234. The van der Waals surface area contributed by atoms with Gasteiger partial charge in [-0.15, -0.1) is 5.10 Å². The number of carbonyl (C=O) groups is 1. The van der Waals surface area contributed by atoms with Gasteiger partial charge in [0, 0.05) is 6.04 Å². The maximum absolute atomic E-state index is 11.7. The number of hydrogen-bond acceptors (Lipinski definition) is 3. The summed E-state index contributed by atoms with van der Waals surface area (Å²) in [6, 6.07) is 0.0730. The number of aryl methyl sites for hydroxylation is 1. The first-order valence-electron chi connectivity index (χ1n) is 5.00. The Bertz CT molecular complexity index is 351. The molecule has 1 amide bonds. The predicted octanol–water partition coefficient (Wildman–Crippen LogP) is 1.28. The Kier molecular flexibility index (Phi) is 3.12. The van der Waals surface area contributed by atoms with Crippen molar-refractivity contribution in [3.63, 3.8) is 0 Å². The standard InChI is InChI=1S/C10H18N4O/c1-6(10(3,4)5)11-9(15)8-12-7(2)13-14-8/h6H,1-5H3,(H,11,15)(H,12,13,14). The van der Waals surface area contributed by atoms with E-state index in [9.17, 15) is 4.79 Å². The van der Waals surface area contributed by atoms with Gasteiger partial charge in [0.05, 0.1) is 0 Å². The highest BCUT2D eigenvalue weighted by molar-refractivity contribution is 5.90. The lowest BCUT2D eigenvalue weighted by Gasteiger charge is -2.27. The van der Waals surface area contributed by atoms with Gasteiger partial charge in [0.1, 0.15) is 5.82 Å². The van der Waals surface area contributed by atoms with Gasteiger partial charge >= 0.3 is 0 Å². The Morgan fingerprint density at radius 2 is 2.07 bits per heavy atom. The molecule has 0 radical (unpaired) electrons. The fourth-order valence-electron chi connectivity index (χ4n) is 0.922. The van der Waals surface area contributed by atoms with E-state index in [1.807, 2.05) is 6.92 Å². The van der Waals surface area contributed by atoms with Crippen molar-refractivity contribution in [3.8, 4) is 0 Å². The van der Waals surface area contributed by atoms with Gasteiger partial charge in [-0.05, 0) is 19.3 Å². The third-order valence-corrected chi connectivity index (χ3v) is 2.45. The number of amides is 1. The fraction of sp³-hybridized carbons (Fsp3) is 0.700. The van der Waals surface area contributed by atoms with Crippen LogP contribution in [0, 0.1) is 12.3 Å². The second kappa shape index (κ2) is 4.00. The van der Waals surface area contributed by atoms with Crippen LogP contribution < -0.4 is 5.32 Å². The summed E-state index contributed by atoms with van der Waals surface area (Å²) < 4.78 is 0. The average molecular weight is 210 g/mol. The van der Waals surface area contributed by atoms with Crippen LogP contribution in [0.4, 0.5) is 0 Å². The smallest absolute Gasteiger partial charge is 0.291 e. The van der Waals surface area contributed by atoms with E-state index < -0.39 is 0 Å². The van der Waals surface area contributed by atoms with Crippen molar-refractivity contribution >= 4 is 5.91 Å². The molecule has 0 spiro atoms. The number of aromatic amines is 1. The molecule has 1 rings (SSSR count). The van der Waals surface area contributed by atoms with Gasteiger partial charge in [0.25, 0.3) is 5.91 Å². The first-order chi connectivity index (χ1) is 6.80. The molecule has 15 heavy (non-hydrogen) atoms. The third kappa shape index (κ3) is 3.04. The molecule has 0 fully saturated rings. The van der Waals surface area contributed by atoms with Crippen molar-refractivity contribution in [1.29, 1.82) is 0 Å². The highest BCUT2D eigenvalue weighted by Gasteiger charge is 2.23. The summed E-state index contributed by atoms with van der Waals surface area (Å²) in [6.07, 6.45) is 0. The minimum absolute atomic E-state index is 0.0288. The minimum Gasteiger partial charge on any atom is -0.346 e. The lowest BCUT2D eigenvalue weighted by atomic mass is 9.88. The molecule has 5 heteroatoms. The quantitative estimate of drug-likeness (QED) is 0.772. The van der Waals surface area contributed by atoms with Crippen molar-refractivity contribution < 1.29 is 4.79 Å². The molecule has 2 N–H and O–H groups in total. The lowest BCUT2D eigenvalue weighted by Crippen LogP contribution is -2.41. The molecular formula is C10H18N4O. The number of nitrogens with zero attached hydrogens (tertiary/aromatic N) is 2. The van der Waals surface area contributed by atoms with E-state index in [2.05, 4.69) is 41.3 Å². The zero-order chi connectivity index (χ0) is 11.6. The van der Waals surface area contributed by atoms with E-state index in [0.717, 1.165) is 0 Å². The van der Waals surface area contributed by atoms with Crippen LogP contribution >= 0.6 is 0 Å².